The van der Waals surface area contributed by atoms with Crippen LogP contribution in [0.3, 0.4) is 0 Å². The van der Waals surface area contributed by atoms with E-state index in [1.807, 2.05) is 13.8 Å². The molecule has 2 aromatic heterocycles. The molecule has 5 heteroatoms. The third-order valence-corrected chi connectivity index (χ3v) is 5.59. The molecule has 138 valence electrons. The summed E-state index contributed by atoms with van der Waals surface area (Å²) in [6.07, 6.45) is 3.98. The van der Waals surface area contributed by atoms with Crippen LogP contribution in [0.4, 0.5) is 5.82 Å². The molecule has 1 saturated heterocycles. The minimum atomic E-state index is 0.496. The molecule has 0 saturated carbocycles. The second kappa shape index (κ2) is 9.10. The molecule has 0 amide bonds. The van der Waals surface area contributed by atoms with Gasteiger partial charge >= 0.3 is 0 Å². The van der Waals surface area contributed by atoms with E-state index in [9.17, 15) is 0 Å². The molecule has 4 nitrogen and oxygen atoms in total. The van der Waals surface area contributed by atoms with Gasteiger partial charge in [0, 0.05) is 30.6 Å². The fourth-order valence-corrected chi connectivity index (χ4v) is 4.21. The summed E-state index contributed by atoms with van der Waals surface area (Å²) in [5, 5.41) is 4.81. The van der Waals surface area contributed by atoms with Gasteiger partial charge in [-0.2, -0.15) is 0 Å². The molecule has 1 fully saturated rings. The van der Waals surface area contributed by atoms with E-state index in [1.165, 1.54) is 10.4 Å². The van der Waals surface area contributed by atoms with Gasteiger partial charge in [-0.3, -0.25) is 4.90 Å². The van der Waals surface area contributed by atoms with Crippen molar-refractivity contribution in [3.63, 3.8) is 0 Å². The van der Waals surface area contributed by atoms with E-state index >= 15 is 0 Å². The first-order chi connectivity index (χ1) is 12.8. The van der Waals surface area contributed by atoms with E-state index in [-0.39, 0.29) is 0 Å². The SMILES string of the molecule is CC.Cc1cc2c(NC3CCN(Cc4ccccc4)CC3)ncnc2s1. The van der Waals surface area contributed by atoms with Crippen molar-refractivity contribution in [2.24, 2.45) is 0 Å². The van der Waals surface area contributed by atoms with Gasteiger partial charge in [0.25, 0.3) is 0 Å². The summed E-state index contributed by atoms with van der Waals surface area (Å²) in [6, 6.07) is 13.4. The van der Waals surface area contributed by atoms with Gasteiger partial charge in [0.1, 0.15) is 17.0 Å². The van der Waals surface area contributed by atoms with Crippen molar-refractivity contribution in [1.82, 2.24) is 14.9 Å². The third kappa shape index (κ3) is 4.59. The molecule has 0 unspecified atom stereocenters. The zero-order valence-corrected chi connectivity index (χ0v) is 16.7. The Balaban J connectivity index is 0.000000948. The number of likely N-dealkylation sites (tertiary alicyclic amines) is 1. The largest absolute Gasteiger partial charge is 0.367 e. The van der Waals surface area contributed by atoms with Crippen molar-refractivity contribution in [3.8, 4) is 0 Å². The topological polar surface area (TPSA) is 41.0 Å². The van der Waals surface area contributed by atoms with Crippen LogP contribution in [0.15, 0.2) is 42.7 Å². The Kier molecular flexibility index (Phi) is 6.58. The fourth-order valence-electron chi connectivity index (χ4n) is 3.36. The summed E-state index contributed by atoms with van der Waals surface area (Å²) in [4.78, 5) is 13.7. The van der Waals surface area contributed by atoms with Gasteiger partial charge in [-0.25, -0.2) is 9.97 Å². The number of hydrogen-bond donors (Lipinski definition) is 1. The Morgan fingerprint density at radius 3 is 2.58 bits per heavy atom. The highest BCUT2D eigenvalue weighted by Gasteiger charge is 2.20. The molecule has 1 aliphatic rings. The van der Waals surface area contributed by atoms with Crippen molar-refractivity contribution in [3.05, 3.63) is 53.2 Å². The molecule has 0 bridgehead atoms. The minimum Gasteiger partial charge on any atom is -0.367 e. The molecule has 1 aromatic carbocycles. The monoisotopic (exact) mass is 368 g/mol. The number of aromatic nitrogens is 2. The van der Waals surface area contributed by atoms with E-state index in [2.05, 4.69) is 63.5 Å². The summed E-state index contributed by atoms with van der Waals surface area (Å²) in [5.74, 6) is 0.992. The molecule has 3 heterocycles. The highest BCUT2D eigenvalue weighted by atomic mass is 32.1. The van der Waals surface area contributed by atoms with Crippen LogP contribution in [0.2, 0.25) is 0 Å². The van der Waals surface area contributed by atoms with Crippen molar-refractivity contribution in [2.75, 3.05) is 18.4 Å². The summed E-state index contributed by atoms with van der Waals surface area (Å²) < 4.78 is 0. The number of aryl methyl sites for hydroxylation is 1. The summed E-state index contributed by atoms with van der Waals surface area (Å²) in [6.45, 7) is 9.43. The number of nitrogens with zero attached hydrogens (tertiary/aromatic N) is 3. The predicted molar refractivity (Wildman–Crippen MR) is 112 cm³/mol. The molecule has 0 spiro atoms. The van der Waals surface area contributed by atoms with Crippen LogP contribution in [0, 0.1) is 6.92 Å². The molecule has 0 radical (unpaired) electrons. The number of benzene rings is 1. The van der Waals surface area contributed by atoms with Crippen LogP contribution in [0.25, 0.3) is 10.2 Å². The molecule has 26 heavy (non-hydrogen) atoms. The first-order valence-corrected chi connectivity index (χ1v) is 10.3. The van der Waals surface area contributed by atoms with Crippen molar-refractivity contribution in [2.45, 2.75) is 46.2 Å². The number of hydrogen-bond acceptors (Lipinski definition) is 5. The first kappa shape index (κ1) is 18.8. The van der Waals surface area contributed by atoms with Gasteiger partial charge in [-0.1, -0.05) is 44.2 Å². The van der Waals surface area contributed by atoms with Crippen LogP contribution in [-0.2, 0) is 6.54 Å². The Hall–Kier alpha value is -1.98. The number of rotatable bonds is 4. The lowest BCUT2D eigenvalue weighted by atomic mass is 10.0. The molecular formula is C21H28N4S. The molecule has 0 atom stereocenters. The Morgan fingerprint density at radius 2 is 1.85 bits per heavy atom. The van der Waals surface area contributed by atoms with Crippen LogP contribution in [0.1, 0.15) is 37.1 Å². The van der Waals surface area contributed by atoms with Gasteiger partial charge in [0.15, 0.2) is 0 Å². The zero-order chi connectivity index (χ0) is 18.4. The van der Waals surface area contributed by atoms with Crippen LogP contribution in [-0.4, -0.2) is 34.0 Å². The highest BCUT2D eigenvalue weighted by molar-refractivity contribution is 7.18. The molecule has 4 rings (SSSR count). The smallest absolute Gasteiger partial charge is 0.138 e. The fraction of sp³-hybridized carbons (Fsp3) is 0.429. The highest BCUT2D eigenvalue weighted by Crippen LogP contribution is 2.28. The maximum absolute atomic E-state index is 4.47. The van der Waals surface area contributed by atoms with Crippen LogP contribution in [0.5, 0.6) is 0 Å². The maximum Gasteiger partial charge on any atom is 0.138 e. The second-order valence-corrected chi connectivity index (χ2v) is 7.71. The lowest BCUT2D eigenvalue weighted by Gasteiger charge is -2.32. The number of piperidine rings is 1. The number of nitrogens with one attached hydrogen (secondary N) is 1. The van der Waals surface area contributed by atoms with Gasteiger partial charge in [0.05, 0.1) is 5.39 Å². The number of anilines is 1. The minimum absolute atomic E-state index is 0.496. The molecule has 1 N–H and O–H groups in total. The van der Waals surface area contributed by atoms with Crippen molar-refractivity contribution >= 4 is 27.4 Å². The predicted octanol–water partition coefficient (Wildman–Crippen LogP) is 5.10. The van der Waals surface area contributed by atoms with Crippen molar-refractivity contribution < 1.29 is 0 Å². The molecule has 0 aliphatic carbocycles. The average Bonchev–Trinajstić information content (AvgIpc) is 3.07. The van der Waals surface area contributed by atoms with E-state index in [0.29, 0.717) is 6.04 Å². The van der Waals surface area contributed by atoms with Crippen LogP contribution >= 0.6 is 11.3 Å². The Labute approximate surface area is 160 Å². The van der Waals surface area contributed by atoms with E-state index < -0.39 is 0 Å². The third-order valence-electron chi connectivity index (χ3n) is 4.63. The Morgan fingerprint density at radius 1 is 1.12 bits per heavy atom. The van der Waals surface area contributed by atoms with Gasteiger partial charge in [0.2, 0.25) is 0 Å². The van der Waals surface area contributed by atoms with Gasteiger partial charge in [-0.05, 0) is 31.4 Å². The quantitative estimate of drug-likeness (QED) is 0.695. The summed E-state index contributed by atoms with van der Waals surface area (Å²) in [5.41, 5.74) is 1.40. The second-order valence-electron chi connectivity index (χ2n) is 6.48. The van der Waals surface area contributed by atoms with Gasteiger partial charge < -0.3 is 5.32 Å². The molecule has 1 aliphatic heterocycles. The Bertz CT molecular complexity index is 807. The zero-order valence-electron chi connectivity index (χ0n) is 15.9. The summed E-state index contributed by atoms with van der Waals surface area (Å²) in [7, 11) is 0. The normalized spacial score (nSPS) is 15.5. The maximum atomic E-state index is 4.47. The van der Waals surface area contributed by atoms with E-state index in [0.717, 1.165) is 48.5 Å². The lowest BCUT2D eigenvalue weighted by molar-refractivity contribution is 0.211. The number of fused-ring (bicyclic) bond motifs is 1. The lowest BCUT2D eigenvalue weighted by Crippen LogP contribution is -2.38. The van der Waals surface area contributed by atoms with E-state index in [4.69, 9.17) is 0 Å². The summed E-state index contributed by atoms with van der Waals surface area (Å²) >= 11 is 1.73. The number of thiophene rings is 1. The first-order valence-electron chi connectivity index (χ1n) is 9.52. The standard InChI is InChI=1S/C19H22N4S.C2H6/c1-14-11-17-18(20-13-21-19(17)24-14)22-16-7-9-23(10-8-16)12-15-5-3-2-4-6-15;1-2/h2-6,11,13,16H,7-10,12H2,1H3,(H,20,21,22);1-2H3. The van der Waals surface area contributed by atoms with E-state index in [1.54, 1.807) is 17.7 Å². The average molecular weight is 369 g/mol. The molecular weight excluding hydrogens is 340 g/mol. The van der Waals surface area contributed by atoms with Crippen molar-refractivity contribution in [1.29, 1.82) is 0 Å². The van der Waals surface area contributed by atoms with Gasteiger partial charge in [-0.15, -0.1) is 11.3 Å². The van der Waals surface area contributed by atoms with Crippen LogP contribution < -0.4 is 5.32 Å². The molecule has 3 aromatic rings.